The minimum Gasteiger partial charge on any atom is -0.390 e. The highest BCUT2D eigenvalue weighted by Crippen LogP contribution is 2.37. The van der Waals surface area contributed by atoms with Crippen LogP contribution in [-0.4, -0.2) is 48.0 Å². The van der Waals surface area contributed by atoms with E-state index in [2.05, 4.69) is 18.7 Å². The van der Waals surface area contributed by atoms with Crippen LogP contribution < -0.4 is 0 Å². The molecule has 1 aliphatic carbocycles. The maximum atomic E-state index is 10.7. The molecule has 3 fully saturated rings. The summed E-state index contributed by atoms with van der Waals surface area (Å²) in [5.41, 5.74) is 0. The third-order valence-electron chi connectivity index (χ3n) is 5.92. The van der Waals surface area contributed by atoms with E-state index in [1.54, 1.807) is 0 Å². The Morgan fingerprint density at radius 3 is 2.79 bits per heavy atom. The van der Waals surface area contributed by atoms with Crippen molar-refractivity contribution in [2.24, 2.45) is 17.8 Å². The second-order valence-corrected chi connectivity index (χ2v) is 7.18. The number of aliphatic hydroxyl groups is 1. The van der Waals surface area contributed by atoms with E-state index >= 15 is 0 Å². The average molecular weight is 267 g/mol. The monoisotopic (exact) mass is 267 g/mol. The first kappa shape index (κ1) is 13.8. The largest absolute Gasteiger partial charge is 0.390 e. The number of nitrogens with zero attached hydrogens (tertiary/aromatic N) is 1. The van der Waals surface area contributed by atoms with Crippen molar-refractivity contribution >= 4 is 0 Å². The Labute approximate surface area is 117 Å². The van der Waals surface area contributed by atoms with Gasteiger partial charge in [0.15, 0.2) is 0 Å². The molecule has 3 rings (SSSR count). The van der Waals surface area contributed by atoms with Crippen LogP contribution in [0.3, 0.4) is 0 Å². The number of aliphatic hydroxyl groups excluding tert-OH is 1. The van der Waals surface area contributed by atoms with Crippen molar-refractivity contribution in [3.63, 3.8) is 0 Å². The lowest BCUT2D eigenvalue weighted by atomic mass is 9.73. The van der Waals surface area contributed by atoms with E-state index in [-0.39, 0.29) is 12.2 Å². The summed E-state index contributed by atoms with van der Waals surface area (Å²) in [6, 6.07) is 0.633. The van der Waals surface area contributed by atoms with Crippen molar-refractivity contribution in [2.75, 3.05) is 19.7 Å². The Hall–Kier alpha value is -0.120. The third kappa shape index (κ3) is 2.84. The van der Waals surface area contributed by atoms with Crippen molar-refractivity contribution in [3.8, 4) is 0 Å². The van der Waals surface area contributed by atoms with Crippen molar-refractivity contribution in [1.82, 2.24) is 4.90 Å². The van der Waals surface area contributed by atoms with Crippen molar-refractivity contribution < 1.29 is 9.84 Å². The molecule has 1 N–H and O–H groups in total. The highest BCUT2D eigenvalue weighted by Gasteiger charge is 2.39. The van der Waals surface area contributed by atoms with Gasteiger partial charge in [0.2, 0.25) is 0 Å². The average Bonchev–Trinajstić information content (AvgIpc) is 2.88. The molecule has 0 aromatic rings. The van der Waals surface area contributed by atoms with E-state index in [1.165, 1.54) is 38.6 Å². The van der Waals surface area contributed by atoms with Crippen molar-refractivity contribution in [2.45, 2.75) is 64.2 Å². The number of rotatable bonds is 2. The zero-order valence-corrected chi connectivity index (χ0v) is 12.4. The van der Waals surface area contributed by atoms with E-state index in [1.807, 2.05) is 0 Å². The molecule has 2 aliphatic heterocycles. The molecule has 0 aromatic heterocycles. The van der Waals surface area contributed by atoms with Gasteiger partial charge in [-0.2, -0.15) is 0 Å². The molecule has 0 radical (unpaired) electrons. The topological polar surface area (TPSA) is 32.7 Å². The van der Waals surface area contributed by atoms with Crippen LogP contribution in [0, 0.1) is 17.8 Å². The molecular formula is C16H29NO2. The van der Waals surface area contributed by atoms with Crippen molar-refractivity contribution in [3.05, 3.63) is 0 Å². The zero-order valence-electron chi connectivity index (χ0n) is 12.4. The molecule has 3 nitrogen and oxygen atoms in total. The summed E-state index contributed by atoms with van der Waals surface area (Å²) in [7, 11) is 0. The molecular weight excluding hydrogens is 238 g/mol. The summed E-state index contributed by atoms with van der Waals surface area (Å²) in [6.07, 6.45) is 6.00. The van der Waals surface area contributed by atoms with Crippen LogP contribution >= 0.6 is 0 Å². The summed E-state index contributed by atoms with van der Waals surface area (Å²) >= 11 is 0. The summed E-state index contributed by atoms with van der Waals surface area (Å²) in [5, 5.41) is 10.7. The molecule has 0 amide bonds. The van der Waals surface area contributed by atoms with Gasteiger partial charge < -0.3 is 9.84 Å². The lowest BCUT2D eigenvalue weighted by Gasteiger charge is -2.42. The number of morpholine rings is 1. The minimum absolute atomic E-state index is 0.0555. The number of fused-ring (bicyclic) bond motifs is 1. The molecule has 1 saturated carbocycles. The van der Waals surface area contributed by atoms with Crippen LogP contribution in [0.15, 0.2) is 0 Å². The van der Waals surface area contributed by atoms with Crippen LogP contribution in [0.2, 0.25) is 0 Å². The Morgan fingerprint density at radius 1 is 1.16 bits per heavy atom. The van der Waals surface area contributed by atoms with Crippen LogP contribution in [-0.2, 0) is 4.74 Å². The quantitative estimate of drug-likeness (QED) is 0.833. The van der Waals surface area contributed by atoms with Gasteiger partial charge in [-0.3, -0.25) is 4.90 Å². The molecule has 3 aliphatic rings. The first-order valence-corrected chi connectivity index (χ1v) is 8.19. The second-order valence-electron chi connectivity index (χ2n) is 7.18. The number of hydrogen-bond donors (Lipinski definition) is 1. The van der Waals surface area contributed by atoms with Gasteiger partial charge in [0, 0.05) is 12.6 Å². The van der Waals surface area contributed by atoms with Crippen LogP contribution in [0.25, 0.3) is 0 Å². The van der Waals surface area contributed by atoms with Gasteiger partial charge in [0.05, 0.1) is 18.8 Å². The fourth-order valence-corrected chi connectivity index (χ4v) is 4.25. The fraction of sp³-hybridized carbons (Fsp3) is 1.00. The SMILES string of the molecule is CC1CCC(C(O)C2CN3CCCC3CO2)CC1C. The highest BCUT2D eigenvalue weighted by atomic mass is 16.5. The molecule has 0 spiro atoms. The van der Waals surface area contributed by atoms with Gasteiger partial charge in [-0.15, -0.1) is 0 Å². The standard InChI is InChI=1S/C16H29NO2/c1-11-5-6-13(8-12(11)2)16(18)15-9-17-7-3-4-14(17)10-19-15/h11-16,18H,3-10H2,1-2H3. The summed E-state index contributed by atoms with van der Waals surface area (Å²) < 4.78 is 5.98. The molecule has 2 saturated heterocycles. The molecule has 3 heteroatoms. The lowest BCUT2D eigenvalue weighted by Crippen LogP contribution is -2.52. The normalized spacial score (nSPS) is 45.9. The highest BCUT2D eigenvalue weighted by molar-refractivity contribution is 4.91. The van der Waals surface area contributed by atoms with Crippen LogP contribution in [0.5, 0.6) is 0 Å². The van der Waals surface area contributed by atoms with E-state index in [9.17, 15) is 5.11 Å². The summed E-state index contributed by atoms with van der Waals surface area (Å²) in [6.45, 7) is 7.67. The maximum Gasteiger partial charge on any atom is 0.0963 e. The predicted molar refractivity (Wildman–Crippen MR) is 76.0 cm³/mol. The van der Waals surface area contributed by atoms with Crippen LogP contribution in [0.1, 0.15) is 46.0 Å². The Balaban J connectivity index is 1.56. The Kier molecular flexibility index (Phi) is 4.16. The van der Waals surface area contributed by atoms with Gasteiger partial charge in [0.25, 0.3) is 0 Å². The van der Waals surface area contributed by atoms with Gasteiger partial charge >= 0.3 is 0 Å². The van der Waals surface area contributed by atoms with Gasteiger partial charge in [-0.1, -0.05) is 20.3 Å². The minimum atomic E-state index is -0.253. The van der Waals surface area contributed by atoms with Crippen molar-refractivity contribution in [1.29, 1.82) is 0 Å². The van der Waals surface area contributed by atoms with Crippen LogP contribution in [0.4, 0.5) is 0 Å². The fourth-order valence-electron chi connectivity index (χ4n) is 4.25. The molecule has 0 aromatic carbocycles. The molecule has 6 atom stereocenters. The zero-order chi connectivity index (χ0) is 13.4. The summed E-state index contributed by atoms with van der Waals surface area (Å²) in [4.78, 5) is 2.53. The van der Waals surface area contributed by atoms with Gasteiger partial charge in [-0.25, -0.2) is 0 Å². The molecule has 19 heavy (non-hydrogen) atoms. The summed E-state index contributed by atoms with van der Waals surface area (Å²) in [5.74, 6) is 2.02. The molecule has 2 heterocycles. The smallest absolute Gasteiger partial charge is 0.0963 e. The van der Waals surface area contributed by atoms with E-state index in [0.717, 1.165) is 25.0 Å². The first-order chi connectivity index (χ1) is 9.15. The molecule has 110 valence electrons. The maximum absolute atomic E-state index is 10.7. The number of ether oxygens (including phenoxy) is 1. The second kappa shape index (κ2) is 5.71. The Bertz CT molecular complexity index is 309. The Morgan fingerprint density at radius 2 is 2.00 bits per heavy atom. The van der Waals surface area contributed by atoms with E-state index < -0.39 is 0 Å². The van der Waals surface area contributed by atoms with Gasteiger partial charge in [0.1, 0.15) is 0 Å². The lowest BCUT2D eigenvalue weighted by molar-refractivity contribution is -0.124. The van der Waals surface area contributed by atoms with Gasteiger partial charge in [-0.05, 0) is 50.0 Å². The predicted octanol–water partition coefficient (Wildman–Crippen LogP) is 2.28. The number of hydrogen-bond acceptors (Lipinski definition) is 3. The third-order valence-corrected chi connectivity index (χ3v) is 5.92. The first-order valence-electron chi connectivity index (χ1n) is 8.19. The van der Waals surface area contributed by atoms with E-state index in [0.29, 0.717) is 12.0 Å². The molecule has 0 bridgehead atoms. The molecule has 6 unspecified atom stereocenters. The van der Waals surface area contributed by atoms with E-state index in [4.69, 9.17) is 4.74 Å².